The van der Waals surface area contributed by atoms with E-state index in [0.29, 0.717) is 25.4 Å². The molecule has 0 N–H and O–H groups in total. The lowest BCUT2D eigenvalue weighted by atomic mass is 10.2. The van der Waals surface area contributed by atoms with E-state index in [9.17, 15) is 9.18 Å². The molecule has 0 bridgehead atoms. The van der Waals surface area contributed by atoms with E-state index < -0.39 is 0 Å². The molecular weight excluding hydrogens is 379 g/mol. The standard InChI is InChI=1S/C25H29FN2O2/c1-2-3-7-15-28(25(29)20-30-24-13-5-4-6-14-24)19-23-12-9-16-27(23)18-21-10-8-11-22(26)17-21/h4-6,8-14,16-17H,2-3,7,15,18-20H2,1H3. The SMILES string of the molecule is CCCCCN(Cc1cccn1Cc1cccc(F)c1)C(=O)COc1ccccc1. The topological polar surface area (TPSA) is 34.5 Å². The summed E-state index contributed by atoms with van der Waals surface area (Å²) in [6, 6.07) is 20.0. The Labute approximate surface area is 177 Å². The maximum Gasteiger partial charge on any atom is 0.260 e. The summed E-state index contributed by atoms with van der Waals surface area (Å²) in [4.78, 5) is 14.8. The Morgan fingerprint density at radius 3 is 2.63 bits per heavy atom. The van der Waals surface area contributed by atoms with Crippen molar-refractivity contribution in [3.05, 3.63) is 90.0 Å². The maximum atomic E-state index is 13.5. The zero-order valence-electron chi connectivity index (χ0n) is 17.5. The summed E-state index contributed by atoms with van der Waals surface area (Å²) >= 11 is 0. The predicted octanol–water partition coefficient (Wildman–Crippen LogP) is 5.27. The number of hydrogen-bond donors (Lipinski definition) is 0. The largest absolute Gasteiger partial charge is 0.484 e. The highest BCUT2D eigenvalue weighted by Gasteiger charge is 2.16. The van der Waals surface area contributed by atoms with E-state index in [2.05, 4.69) is 11.5 Å². The van der Waals surface area contributed by atoms with Gasteiger partial charge >= 0.3 is 0 Å². The second kappa shape index (κ2) is 11.2. The van der Waals surface area contributed by atoms with E-state index in [1.54, 1.807) is 12.1 Å². The van der Waals surface area contributed by atoms with Crippen LogP contribution in [0.15, 0.2) is 72.9 Å². The van der Waals surface area contributed by atoms with Crippen molar-refractivity contribution >= 4 is 5.91 Å². The van der Waals surface area contributed by atoms with Crippen LogP contribution in [-0.4, -0.2) is 28.5 Å². The second-order valence-corrected chi connectivity index (χ2v) is 7.38. The Bertz CT molecular complexity index is 924. The van der Waals surface area contributed by atoms with E-state index in [-0.39, 0.29) is 18.3 Å². The summed E-state index contributed by atoms with van der Waals surface area (Å²) in [5.41, 5.74) is 1.91. The van der Waals surface area contributed by atoms with Gasteiger partial charge in [0.2, 0.25) is 0 Å². The molecule has 4 nitrogen and oxygen atoms in total. The van der Waals surface area contributed by atoms with Gasteiger partial charge in [-0.15, -0.1) is 0 Å². The number of rotatable bonds is 11. The van der Waals surface area contributed by atoms with Crippen molar-refractivity contribution in [3.8, 4) is 5.75 Å². The molecule has 3 aromatic rings. The van der Waals surface area contributed by atoms with E-state index in [4.69, 9.17) is 4.74 Å². The molecule has 3 rings (SSSR count). The van der Waals surface area contributed by atoms with Crippen LogP contribution >= 0.6 is 0 Å². The van der Waals surface area contributed by atoms with Crippen LogP contribution in [0.25, 0.3) is 0 Å². The number of benzene rings is 2. The first-order chi connectivity index (χ1) is 14.7. The Hall–Kier alpha value is -3.08. The number of hydrogen-bond acceptors (Lipinski definition) is 2. The van der Waals surface area contributed by atoms with Crippen LogP contribution in [-0.2, 0) is 17.9 Å². The van der Waals surface area contributed by atoms with Crippen LogP contribution in [0.4, 0.5) is 4.39 Å². The molecule has 0 saturated heterocycles. The van der Waals surface area contributed by atoms with Crippen molar-refractivity contribution in [1.82, 2.24) is 9.47 Å². The molecule has 5 heteroatoms. The highest BCUT2D eigenvalue weighted by Crippen LogP contribution is 2.14. The molecule has 0 aliphatic carbocycles. The molecule has 30 heavy (non-hydrogen) atoms. The molecule has 1 aromatic heterocycles. The molecule has 0 unspecified atom stereocenters. The van der Waals surface area contributed by atoms with Crippen LogP contribution in [0.3, 0.4) is 0 Å². The summed E-state index contributed by atoms with van der Waals surface area (Å²) in [6.07, 6.45) is 5.10. The smallest absolute Gasteiger partial charge is 0.260 e. The lowest BCUT2D eigenvalue weighted by molar-refractivity contribution is -0.134. The number of nitrogens with zero attached hydrogens (tertiary/aromatic N) is 2. The molecule has 1 amide bonds. The second-order valence-electron chi connectivity index (χ2n) is 7.38. The van der Waals surface area contributed by atoms with Gasteiger partial charge in [-0.3, -0.25) is 4.79 Å². The first-order valence-electron chi connectivity index (χ1n) is 10.5. The van der Waals surface area contributed by atoms with Crippen molar-refractivity contribution in [3.63, 3.8) is 0 Å². The first-order valence-corrected chi connectivity index (χ1v) is 10.5. The third-order valence-electron chi connectivity index (χ3n) is 5.01. The Kier molecular flexibility index (Phi) is 8.07. The van der Waals surface area contributed by atoms with Crippen LogP contribution < -0.4 is 4.74 Å². The fourth-order valence-electron chi connectivity index (χ4n) is 3.37. The lowest BCUT2D eigenvalue weighted by Crippen LogP contribution is -2.36. The maximum absolute atomic E-state index is 13.5. The van der Waals surface area contributed by atoms with Crippen molar-refractivity contribution < 1.29 is 13.9 Å². The van der Waals surface area contributed by atoms with Gasteiger partial charge in [0.25, 0.3) is 5.91 Å². The van der Waals surface area contributed by atoms with Gasteiger partial charge in [0.15, 0.2) is 6.61 Å². The van der Waals surface area contributed by atoms with Gasteiger partial charge in [-0.25, -0.2) is 4.39 Å². The summed E-state index contributed by atoms with van der Waals surface area (Å²) in [7, 11) is 0. The quantitative estimate of drug-likeness (QED) is 0.405. The first kappa shape index (κ1) is 21.6. The molecule has 0 aliphatic heterocycles. The number of carbonyl (C=O) groups is 1. The number of para-hydroxylation sites is 1. The van der Waals surface area contributed by atoms with Gasteiger partial charge in [0.05, 0.1) is 6.54 Å². The minimum Gasteiger partial charge on any atom is -0.484 e. The number of unbranched alkanes of at least 4 members (excludes halogenated alkanes) is 2. The molecule has 0 saturated carbocycles. The fourth-order valence-corrected chi connectivity index (χ4v) is 3.37. The lowest BCUT2D eigenvalue weighted by Gasteiger charge is -2.24. The molecule has 0 aliphatic rings. The normalized spacial score (nSPS) is 10.7. The molecule has 0 atom stereocenters. The summed E-state index contributed by atoms with van der Waals surface area (Å²) in [5, 5.41) is 0. The predicted molar refractivity (Wildman–Crippen MR) is 117 cm³/mol. The minimum absolute atomic E-state index is 0.0146. The van der Waals surface area contributed by atoms with Gasteiger partial charge in [-0.05, 0) is 48.4 Å². The molecule has 0 fully saturated rings. The average molecular weight is 409 g/mol. The van der Waals surface area contributed by atoms with Gasteiger partial charge in [-0.2, -0.15) is 0 Å². The van der Waals surface area contributed by atoms with Crippen LogP contribution in [0.1, 0.15) is 37.4 Å². The highest BCUT2D eigenvalue weighted by atomic mass is 19.1. The third-order valence-corrected chi connectivity index (χ3v) is 5.01. The third kappa shape index (κ3) is 6.48. The highest BCUT2D eigenvalue weighted by molar-refractivity contribution is 5.77. The van der Waals surface area contributed by atoms with Crippen LogP contribution in [0.2, 0.25) is 0 Å². The molecule has 158 valence electrons. The Morgan fingerprint density at radius 1 is 1.03 bits per heavy atom. The molecular formula is C25H29FN2O2. The van der Waals surface area contributed by atoms with Gasteiger partial charge in [0, 0.05) is 25.0 Å². The van der Waals surface area contributed by atoms with E-state index in [1.165, 1.54) is 6.07 Å². The Balaban J connectivity index is 1.67. The summed E-state index contributed by atoms with van der Waals surface area (Å²) < 4.78 is 21.3. The minimum atomic E-state index is -0.240. The molecule has 0 spiro atoms. The van der Waals surface area contributed by atoms with Crippen molar-refractivity contribution in [2.24, 2.45) is 0 Å². The van der Waals surface area contributed by atoms with Crippen molar-refractivity contribution in [2.45, 2.75) is 39.3 Å². The summed E-state index contributed by atoms with van der Waals surface area (Å²) in [5.74, 6) is 0.415. The van der Waals surface area contributed by atoms with Gasteiger partial charge < -0.3 is 14.2 Å². The number of carbonyl (C=O) groups excluding carboxylic acids is 1. The zero-order valence-corrected chi connectivity index (χ0v) is 17.5. The van der Waals surface area contributed by atoms with Crippen molar-refractivity contribution in [1.29, 1.82) is 0 Å². The van der Waals surface area contributed by atoms with E-state index >= 15 is 0 Å². The number of amides is 1. The van der Waals surface area contributed by atoms with Gasteiger partial charge in [-0.1, -0.05) is 50.1 Å². The fraction of sp³-hybridized carbons (Fsp3) is 0.320. The monoisotopic (exact) mass is 408 g/mol. The number of aromatic nitrogens is 1. The average Bonchev–Trinajstić information content (AvgIpc) is 3.18. The Morgan fingerprint density at radius 2 is 1.87 bits per heavy atom. The number of ether oxygens (including phenoxy) is 1. The van der Waals surface area contributed by atoms with Crippen LogP contribution in [0.5, 0.6) is 5.75 Å². The summed E-state index contributed by atoms with van der Waals surface area (Å²) in [6.45, 7) is 3.92. The number of halogens is 1. The van der Waals surface area contributed by atoms with Gasteiger partial charge in [0.1, 0.15) is 11.6 Å². The molecule has 0 radical (unpaired) electrons. The molecule has 2 aromatic carbocycles. The van der Waals surface area contributed by atoms with E-state index in [1.807, 2.05) is 59.6 Å². The van der Waals surface area contributed by atoms with Crippen molar-refractivity contribution in [2.75, 3.05) is 13.2 Å². The molecule has 1 heterocycles. The van der Waals surface area contributed by atoms with E-state index in [0.717, 1.165) is 30.5 Å². The van der Waals surface area contributed by atoms with Crippen LogP contribution in [0, 0.1) is 5.82 Å². The zero-order chi connectivity index (χ0) is 21.2.